The Bertz CT molecular complexity index is 426. The van der Waals surface area contributed by atoms with Crippen LogP contribution < -0.4 is 10.6 Å². The maximum absolute atomic E-state index is 12.0. The second kappa shape index (κ2) is 4.78. The van der Waals surface area contributed by atoms with Gasteiger partial charge in [-0.25, -0.2) is 0 Å². The van der Waals surface area contributed by atoms with Crippen LogP contribution >= 0.6 is 0 Å². The molecule has 0 bridgehead atoms. The van der Waals surface area contributed by atoms with Gasteiger partial charge in [-0.15, -0.1) is 0 Å². The summed E-state index contributed by atoms with van der Waals surface area (Å²) in [4.78, 5) is 12.0. The van der Waals surface area contributed by atoms with E-state index in [0.29, 0.717) is 5.92 Å². The standard InChI is InChI=1S/C14H20N2O/c1-9(2)10(3)16-14(17)12-4-5-13-11(8-12)6-7-15-13/h4-5,8-10,15H,6-7H2,1-3H3,(H,16,17). The lowest BCUT2D eigenvalue weighted by Gasteiger charge is -2.17. The van der Waals surface area contributed by atoms with Crippen molar-refractivity contribution in [1.82, 2.24) is 5.32 Å². The minimum Gasteiger partial charge on any atom is -0.384 e. The summed E-state index contributed by atoms with van der Waals surface area (Å²) in [6, 6.07) is 6.09. The van der Waals surface area contributed by atoms with Gasteiger partial charge in [0.15, 0.2) is 0 Å². The number of hydrogen-bond acceptors (Lipinski definition) is 2. The van der Waals surface area contributed by atoms with Gasteiger partial charge in [-0.1, -0.05) is 13.8 Å². The Morgan fingerprint density at radius 2 is 2.12 bits per heavy atom. The van der Waals surface area contributed by atoms with E-state index in [1.807, 2.05) is 25.1 Å². The molecule has 0 saturated heterocycles. The Labute approximate surface area is 103 Å². The lowest BCUT2D eigenvalue weighted by Crippen LogP contribution is -2.36. The number of hydrogen-bond donors (Lipinski definition) is 2. The van der Waals surface area contributed by atoms with Crippen LogP contribution in [-0.2, 0) is 6.42 Å². The third-order valence-corrected chi connectivity index (χ3v) is 3.44. The largest absolute Gasteiger partial charge is 0.384 e. The van der Waals surface area contributed by atoms with E-state index in [1.165, 1.54) is 11.3 Å². The molecule has 2 rings (SSSR count). The molecule has 0 fully saturated rings. The molecule has 1 amide bonds. The molecule has 2 N–H and O–H groups in total. The van der Waals surface area contributed by atoms with Crippen LogP contribution in [0, 0.1) is 5.92 Å². The zero-order chi connectivity index (χ0) is 12.4. The van der Waals surface area contributed by atoms with Crippen LogP contribution in [0.15, 0.2) is 18.2 Å². The number of fused-ring (bicyclic) bond motifs is 1. The molecule has 0 aliphatic carbocycles. The highest BCUT2D eigenvalue weighted by molar-refractivity contribution is 5.95. The molecule has 3 heteroatoms. The van der Waals surface area contributed by atoms with Gasteiger partial charge in [0.2, 0.25) is 0 Å². The Kier molecular flexibility index (Phi) is 3.36. The summed E-state index contributed by atoms with van der Waals surface area (Å²) in [7, 11) is 0. The third-order valence-electron chi connectivity index (χ3n) is 3.44. The maximum atomic E-state index is 12.0. The number of rotatable bonds is 3. The monoisotopic (exact) mass is 232 g/mol. The molecule has 0 radical (unpaired) electrons. The molecule has 0 aromatic heterocycles. The minimum atomic E-state index is 0.0286. The summed E-state index contributed by atoms with van der Waals surface area (Å²) < 4.78 is 0. The SMILES string of the molecule is CC(C)C(C)NC(=O)c1ccc2c(c1)CCN2. The van der Waals surface area contributed by atoms with Crippen molar-refractivity contribution in [3.63, 3.8) is 0 Å². The van der Waals surface area contributed by atoms with E-state index in [2.05, 4.69) is 24.5 Å². The van der Waals surface area contributed by atoms with Gasteiger partial charge in [0.05, 0.1) is 0 Å². The molecule has 1 aliphatic rings. The molecule has 1 aromatic rings. The van der Waals surface area contributed by atoms with E-state index in [1.54, 1.807) is 0 Å². The molecule has 1 aromatic carbocycles. The summed E-state index contributed by atoms with van der Waals surface area (Å²) in [5.41, 5.74) is 3.17. The van der Waals surface area contributed by atoms with Gasteiger partial charge in [0.25, 0.3) is 5.91 Å². The predicted octanol–water partition coefficient (Wildman–Crippen LogP) is 2.43. The molecule has 1 atom stereocenters. The number of carbonyl (C=O) groups excluding carboxylic acids is 1. The second-order valence-corrected chi connectivity index (χ2v) is 5.05. The summed E-state index contributed by atoms with van der Waals surface area (Å²) >= 11 is 0. The lowest BCUT2D eigenvalue weighted by atomic mass is 10.0. The Morgan fingerprint density at radius 3 is 2.82 bits per heavy atom. The van der Waals surface area contributed by atoms with Crippen LogP contribution in [0.2, 0.25) is 0 Å². The van der Waals surface area contributed by atoms with Gasteiger partial charge in [-0.2, -0.15) is 0 Å². The quantitative estimate of drug-likeness (QED) is 0.840. The molecule has 1 unspecified atom stereocenters. The fraction of sp³-hybridized carbons (Fsp3) is 0.500. The van der Waals surface area contributed by atoms with E-state index >= 15 is 0 Å². The Balaban J connectivity index is 2.10. The topological polar surface area (TPSA) is 41.1 Å². The van der Waals surface area contributed by atoms with Crippen LogP contribution in [0.5, 0.6) is 0 Å². The first-order valence-corrected chi connectivity index (χ1v) is 6.25. The molecule has 0 spiro atoms. The van der Waals surface area contributed by atoms with Gasteiger partial charge in [-0.3, -0.25) is 4.79 Å². The molecule has 17 heavy (non-hydrogen) atoms. The first kappa shape index (κ1) is 12.0. The average molecular weight is 232 g/mol. The van der Waals surface area contributed by atoms with Gasteiger partial charge < -0.3 is 10.6 Å². The van der Waals surface area contributed by atoms with Crippen molar-refractivity contribution >= 4 is 11.6 Å². The molecule has 1 heterocycles. The second-order valence-electron chi connectivity index (χ2n) is 5.05. The van der Waals surface area contributed by atoms with Crippen LogP contribution in [0.3, 0.4) is 0 Å². The van der Waals surface area contributed by atoms with E-state index in [0.717, 1.165) is 18.5 Å². The first-order chi connectivity index (χ1) is 8.08. The van der Waals surface area contributed by atoms with Gasteiger partial charge >= 0.3 is 0 Å². The van der Waals surface area contributed by atoms with E-state index in [9.17, 15) is 4.79 Å². The van der Waals surface area contributed by atoms with Crippen molar-refractivity contribution in [1.29, 1.82) is 0 Å². The van der Waals surface area contributed by atoms with Crippen molar-refractivity contribution in [2.24, 2.45) is 5.92 Å². The molecule has 92 valence electrons. The zero-order valence-electron chi connectivity index (χ0n) is 10.7. The summed E-state index contributed by atoms with van der Waals surface area (Å²) in [6.07, 6.45) is 1.01. The number of carbonyl (C=O) groups is 1. The Hall–Kier alpha value is -1.51. The van der Waals surface area contributed by atoms with Gasteiger partial charge in [0, 0.05) is 23.8 Å². The minimum absolute atomic E-state index is 0.0286. The van der Waals surface area contributed by atoms with Crippen LogP contribution in [0.4, 0.5) is 5.69 Å². The van der Waals surface area contributed by atoms with Crippen LogP contribution in [-0.4, -0.2) is 18.5 Å². The predicted molar refractivity (Wildman–Crippen MR) is 70.4 cm³/mol. The van der Waals surface area contributed by atoms with Crippen molar-refractivity contribution in [2.75, 3.05) is 11.9 Å². The third kappa shape index (κ3) is 2.60. The molecule has 3 nitrogen and oxygen atoms in total. The molecular weight excluding hydrogens is 212 g/mol. The highest BCUT2D eigenvalue weighted by Gasteiger charge is 2.15. The number of anilines is 1. The summed E-state index contributed by atoms with van der Waals surface area (Å²) in [5.74, 6) is 0.482. The highest BCUT2D eigenvalue weighted by atomic mass is 16.1. The summed E-state index contributed by atoms with van der Waals surface area (Å²) in [6.45, 7) is 7.23. The normalized spacial score (nSPS) is 15.3. The first-order valence-electron chi connectivity index (χ1n) is 6.25. The number of nitrogens with one attached hydrogen (secondary N) is 2. The lowest BCUT2D eigenvalue weighted by molar-refractivity contribution is 0.0930. The van der Waals surface area contributed by atoms with Crippen LogP contribution in [0.1, 0.15) is 36.7 Å². The highest BCUT2D eigenvalue weighted by Crippen LogP contribution is 2.23. The van der Waals surface area contributed by atoms with Crippen molar-refractivity contribution in [2.45, 2.75) is 33.2 Å². The van der Waals surface area contributed by atoms with Crippen molar-refractivity contribution in [3.8, 4) is 0 Å². The van der Waals surface area contributed by atoms with Crippen molar-refractivity contribution < 1.29 is 4.79 Å². The molecule has 0 saturated carbocycles. The zero-order valence-corrected chi connectivity index (χ0v) is 10.7. The van der Waals surface area contributed by atoms with E-state index in [4.69, 9.17) is 0 Å². The Morgan fingerprint density at radius 1 is 1.35 bits per heavy atom. The number of amides is 1. The average Bonchev–Trinajstić information content (AvgIpc) is 2.75. The maximum Gasteiger partial charge on any atom is 0.251 e. The smallest absolute Gasteiger partial charge is 0.251 e. The molecular formula is C14H20N2O. The van der Waals surface area contributed by atoms with E-state index < -0.39 is 0 Å². The van der Waals surface area contributed by atoms with Gasteiger partial charge in [-0.05, 0) is 43.0 Å². The van der Waals surface area contributed by atoms with Gasteiger partial charge in [0.1, 0.15) is 0 Å². The van der Waals surface area contributed by atoms with Crippen LogP contribution in [0.25, 0.3) is 0 Å². The molecule has 1 aliphatic heterocycles. The van der Waals surface area contributed by atoms with Crippen molar-refractivity contribution in [3.05, 3.63) is 29.3 Å². The fourth-order valence-corrected chi connectivity index (χ4v) is 1.90. The number of benzene rings is 1. The summed E-state index contributed by atoms with van der Waals surface area (Å²) in [5, 5.41) is 6.32. The van der Waals surface area contributed by atoms with E-state index in [-0.39, 0.29) is 11.9 Å². The fourth-order valence-electron chi connectivity index (χ4n) is 1.90.